The quantitative estimate of drug-likeness (QED) is 0.608. The molecule has 1 aromatic rings. The van der Waals surface area contributed by atoms with E-state index in [1.54, 1.807) is 18.0 Å². The third kappa shape index (κ3) is 2.83. The lowest BCUT2D eigenvalue weighted by Crippen LogP contribution is -2.31. The molecule has 6 heteroatoms. The standard InChI is InChI=1S/C8H15BN2O3/c1-8(2,14-3)6-11-5-7(4-10-11)9(12)13/h4-5,12-13H,6H2,1-3H3. The second-order valence-electron chi connectivity index (χ2n) is 3.81. The zero-order valence-electron chi connectivity index (χ0n) is 8.64. The molecule has 0 aliphatic carbocycles. The highest BCUT2D eigenvalue weighted by Gasteiger charge is 2.19. The Kier molecular flexibility index (Phi) is 3.31. The van der Waals surface area contributed by atoms with Gasteiger partial charge in [0.25, 0.3) is 0 Å². The average molecular weight is 198 g/mol. The molecule has 2 N–H and O–H groups in total. The van der Waals surface area contributed by atoms with Gasteiger partial charge in [0.05, 0.1) is 12.1 Å². The lowest BCUT2D eigenvalue weighted by molar-refractivity contribution is 0.00543. The van der Waals surface area contributed by atoms with Gasteiger partial charge in [0.1, 0.15) is 0 Å². The minimum Gasteiger partial charge on any atom is -0.423 e. The van der Waals surface area contributed by atoms with Gasteiger partial charge in [0.2, 0.25) is 0 Å². The van der Waals surface area contributed by atoms with Crippen molar-refractivity contribution >= 4 is 12.6 Å². The number of methoxy groups -OCH3 is 1. The molecule has 1 rings (SSSR count). The first kappa shape index (κ1) is 11.2. The lowest BCUT2D eigenvalue weighted by atomic mass is 9.83. The molecule has 0 amide bonds. The fourth-order valence-electron chi connectivity index (χ4n) is 1.05. The van der Waals surface area contributed by atoms with Crippen molar-refractivity contribution in [1.82, 2.24) is 9.78 Å². The van der Waals surface area contributed by atoms with Crippen molar-refractivity contribution in [3.8, 4) is 0 Å². The van der Waals surface area contributed by atoms with E-state index in [2.05, 4.69) is 5.10 Å². The third-order valence-corrected chi connectivity index (χ3v) is 2.05. The Balaban J connectivity index is 2.69. The van der Waals surface area contributed by atoms with Crippen LogP contribution in [0.4, 0.5) is 0 Å². The number of rotatable bonds is 4. The zero-order valence-corrected chi connectivity index (χ0v) is 8.64. The van der Waals surface area contributed by atoms with E-state index in [0.29, 0.717) is 12.0 Å². The number of hydrogen-bond acceptors (Lipinski definition) is 4. The molecule has 0 atom stereocenters. The van der Waals surface area contributed by atoms with E-state index in [1.165, 1.54) is 6.20 Å². The minimum absolute atomic E-state index is 0.316. The Hall–Kier alpha value is -0.845. The largest absolute Gasteiger partial charge is 0.491 e. The Morgan fingerprint density at radius 3 is 2.64 bits per heavy atom. The van der Waals surface area contributed by atoms with Crippen molar-refractivity contribution in [2.75, 3.05) is 7.11 Å². The van der Waals surface area contributed by atoms with E-state index in [1.807, 2.05) is 13.8 Å². The number of ether oxygens (including phenoxy) is 1. The molecule has 78 valence electrons. The Labute approximate surface area is 83.5 Å². The summed E-state index contributed by atoms with van der Waals surface area (Å²) in [4.78, 5) is 0. The van der Waals surface area contributed by atoms with Crippen LogP contribution < -0.4 is 5.46 Å². The number of aromatic nitrogens is 2. The van der Waals surface area contributed by atoms with Gasteiger partial charge < -0.3 is 14.8 Å². The summed E-state index contributed by atoms with van der Waals surface area (Å²) in [5, 5.41) is 21.7. The van der Waals surface area contributed by atoms with Crippen molar-refractivity contribution < 1.29 is 14.8 Å². The van der Waals surface area contributed by atoms with Crippen LogP contribution in [0.25, 0.3) is 0 Å². The van der Waals surface area contributed by atoms with Crippen LogP contribution in [0.15, 0.2) is 12.4 Å². The molecule has 5 nitrogen and oxygen atoms in total. The maximum Gasteiger partial charge on any atom is 0.491 e. The Bertz CT molecular complexity index is 299. The van der Waals surface area contributed by atoms with E-state index in [0.717, 1.165) is 0 Å². The average Bonchev–Trinajstić information content (AvgIpc) is 2.52. The molecular weight excluding hydrogens is 183 g/mol. The highest BCUT2D eigenvalue weighted by molar-refractivity contribution is 6.58. The third-order valence-electron chi connectivity index (χ3n) is 2.05. The minimum atomic E-state index is -1.46. The van der Waals surface area contributed by atoms with Crippen LogP contribution in [0.2, 0.25) is 0 Å². The molecule has 14 heavy (non-hydrogen) atoms. The SMILES string of the molecule is COC(C)(C)Cn1cc(B(O)O)cn1. The van der Waals surface area contributed by atoms with Crippen LogP contribution in [0.5, 0.6) is 0 Å². The van der Waals surface area contributed by atoms with Crippen LogP contribution in [0.3, 0.4) is 0 Å². The molecule has 0 radical (unpaired) electrons. The zero-order chi connectivity index (χ0) is 10.8. The predicted molar refractivity (Wildman–Crippen MR) is 53.1 cm³/mol. The van der Waals surface area contributed by atoms with E-state index in [4.69, 9.17) is 14.8 Å². The highest BCUT2D eigenvalue weighted by atomic mass is 16.5. The van der Waals surface area contributed by atoms with E-state index >= 15 is 0 Å². The molecule has 0 aromatic carbocycles. The first-order valence-electron chi connectivity index (χ1n) is 4.38. The Morgan fingerprint density at radius 1 is 1.57 bits per heavy atom. The molecule has 0 bridgehead atoms. The van der Waals surface area contributed by atoms with Gasteiger partial charge >= 0.3 is 7.12 Å². The molecule has 0 saturated heterocycles. The van der Waals surface area contributed by atoms with Crippen LogP contribution in [0, 0.1) is 0 Å². The Morgan fingerprint density at radius 2 is 2.21 bits per heavy atom. The van der Waals surface area contributed by atoms with Gasteiger partial charge in [-0.1, -0.05) is 0 Å². The summed E-state index contributed by atoms with van der Waals surface area (Å²) in [7, 11) is 0.167. The van der Waals surface area contributed by atoms with Crippen molar-refractivity contribution in [1.29, 1.82) is 0 Å². The normalized spacial score (nSPS) is 11.8. The van der Waals surface area contributed by atoms with Gasteiger partial charge in [-0.3, -0.25) is 4.68 Å². The number of nitrogens with zero attached hydrogens (tertiary/aromatic N) is 2. The summed E-state index contributed by atoms with van der Waals surface area (Å²) in [5.41, 5.74) is 0.0702. The molecule has 1 heterocycles. The van der Waals surface area contributed by atoms with E-state index in [9.17, 15) is 0 Å². The summed E-state index contributed by atoms with van der Waals surface area (Å²) >= 11 is 0. The lowest BCUT2D eigenvalue weighted by Gasteiger charge is -2.22. The first-order chi connectivity index (χ1) is 6.44. The molecule has 1 aromatic heterocycles. The van der Waals surface area contributed by atoms with Crippen LogP contribution in [0.1, 0.15) is 13.8 Å². The molecule has 0 aliphatic heterocycles. The van der Waals surface area contributed by atoms with E-state index in [-0.39, 0.29) is 5.60 Å². The summed E-state index contributed by atoms with van der Waals surface area (Å²) in [6.07, 6.45) is 3.02. The maximum absolute atomic E-state index is 8.86. The fourth-order valence-corrected chi connectivity index (χ4v) is 1.05. The number of hydrogen-bond donors (Lipinski definition) is 2. The summed E-state index contributed by atoms with van der Waals surface area (Å²) in [6, 6.07) is 0. The molecule has 0 aliphatic rings. The van der Waals surface area contributed by atoms with Gasteiger partial charge in [0.15, 0.2) is 0 Å². The molecule has 0 unspecified atom stereocenters. The van der Waals surface area contributed by atoms with Crippen LogP contribution >= 0.6 is 0 Å². The monoisotopic (exact) mass is 198 g/mol. The summed E-state index contributed by atoms with van der Waals surface area (Å²) < 4.78 is 6.85. The first-order valence-corrected chi connectivity index (χ1v) is 4.38. The highest BCUT2D eigenvalue weighted by Crippen LogP contribution is 2.09. The van der Waals surface area contributed by atoms with Crippen molar-refractivity contribution in [3.05, 3.63) is 12.4 Å². The van der Waals surface area contributed by atoms with Gasteiger partial charge in [0, 0.05) is 25.0 Å². The molecule has 0 saturated carbocycles. The summed E-state index contributed by atoms with van der Waals surface area (Å²) in [6.45, 7) is 4.43. The molecule has 0 fully saturated rings. The van der Waals surface area contributed by atoms with Crippen LogP contribution in [-0.2, 0) is 11.3 Å². The fraction of sp³-hybridized carbons (Fsp3) is 0.625. The van der Waals surface area contributed by atoms with Gasteiger partial charge in [-0.05, 0) is 13.8 Å². The van der Waals surface area contributed by atoms with Gasteiger partial charge in [-0.15, -0.1) is 0 Å². The maximum atomic E-state index is 8.86. The van der Waals surface area contributed by atoms with E-state index < -0.39 is 7.12 Å². The van der Waals surface area contributed by atoms with Gasteiger partial charge in [-0.25, -0.2) is 0 Å². The van der Waals surface area contributed by atoms with Crippen molar-refractivity contribution in [3.63, 3.8) is 0 Å². The molecular formula is C8H15BN2O3. The van der Waals surface area contributed by atoms with Crippen molar-refractivity contribution in [2.24, 2.45) is 0 Å². The smallest absolute Gasteiger partial charge is 0.423 e. The predicted octanol–water partition coefficient (Wildman–Crippen LogP) is -1.01. The second-order valence-corrected chi connectivity index (χ2v) is 3.81. The van der Waals surface area contributed by atoms with Gasteiger partial charge in [-0.2, -0.15) is 5.10 Å². The topological polar surface area (TPSA) is 67.5 Å². The van der Waals surface area contributed by atoms with Crippen LogP contribution in [-0.4, -0.2) is 39.7 Å². The molecule has 0 spiro atoms. The second kappa shape index (κ2) is 4.12. The summed E-state index contributed by atoms with van der Waals surface area (Å²) in [5.74, 6) is 0. The van der Waals surface area contributed by atoms with Crippen molar-refractivity contribution in [2.45, 2.75) is 26.0 Å².